The van der Waals surface area contributed by atoms with Gasteiger partial charge in [-0.2, -0.15) is 4.31 Å². The molecule has 1 fully saturated rings. The molecule has 182 valence electrons. The van der Waals surface area contributed by atoms with E-state index in [1.165, 1.54) is 35.6 Å². The third-order valence-electron chi connectivity index (χ3n) is 5.82. The number of hydrogen-bond acceptors (Lipinski definition) is 5. The van der Waals surface area contributed by atoms with Crippen LogP contribution in [0.4, 0.5) is 5.69 Å². The largest absolute Gasteiger partial charge is 0.377 e. The number of ketones is 1. The molecule has 0 aromatic heterocycles. The number of benzene rings is 3. The summed E-state index contributed by atoms with van der Waals surface area (Å²) >= 11 is 3.38. The molecule has 1 saturated heterocycles. The van der Waals surface area contributed by atoms with Crippen molar-refractivity contribution >= 4 is 43.3 Å². The van der Waals surface area contributed by atoms with E-state index in [-0.39, 0.29) is 28.9 Å². The molecule has 9 heteroatoms. The Morgan fingerprint density at radius 1 is 1.03 bits per heavy atom. The number of hydrogen-bond donors (Lipinski definition) is 1. The fourth-order valence-electron chi connectivity index (χ4n) is 3.88. The Balaban J connectivity index is 1.51. The zero-order valence-electron chi connectivity index (χ0n) is 19.1. The maximum Gasteiger partial charge on any atom is 0.255 e. The minimum Gasteiger partial charge on any atom is -0.377 e. The van der Waals surface area contributed by atoms with E-state index in [0.29, 0.717) is 27.9 Å². The standard InChI is InChI=1S/C26H25BrN2O5S/c1-29(17-21-8-5-15-34-21)35(32,33)22-12-9-19(10-13-22)26(31)28-24-14-11-20(27)16-23(24)25(30)18-6-3-2-4-7-18/h2-4,6-7,9-14,16,21H,5,8,15,17H2,1H3,(H,28,31). The number of anilines is 1. The Morgan fingerprint density at radius 2 is 1.74 bits per heavy atom. The molecular formula is C26H25BrN2O5S. The average Bonchev–Trinajstić information content (AvgIpc) is 3.38. The first-order valence-electron chi connectivity index (χ1n) is 11.1. The zero-order valence-corrected chi connectivity index (χ0v) is 21.5. The fourth-order valence-corrected chi connectivity index (χ4v) is 5.45. The molecule has 0 aliphatic carbocycles. The SMILES string of the molecule is CN(CC1CCCO1)S(=O)(=O)c1ccc(C(=O)Nc2ccc(Br)cc2C(=O)c2ccccc2)cc1. The van der Waals surface area contributed by atoms with Crippen molar-refractivity contribution in [3.05, 3.63) is 94.0 Å². The summed E-state index contributed by atoms with van der Waals surface area (Å²) in [6, 6.07) is 19.6. The third kappa shape index (κ3) is 5.87. The van der Waals surface area contributed by atoms with Crippen LogP contribution in [-0.2, 0) is 14.8 Å². The van der Waals surface area contributed by atoms with Crippen LogP contribution >= 0.6 is 15.9 Å². The van der Waals surface area contributed by atoms with Crippen LogP contribution in [0, 0.1) is 0 Å². The summed E-state index contributed by atoms with van der Waals surface area (Å²) in [5.41, 5.74) is 1.48. The van der Waals surface area contributed by atoms with Gasteiger partial charge in [-0.05, 0) is 55.3 Å². The number of sulfonamides is 1. The summed E-state index contributed by atoms with van der Waals surface area (Å²) in [5, 5.41) is 2.78. The first-order chi connectivity index (χ1) is 16.8. The summed E-state index contributed by atoms with van der Waals surface area (Å²) < 4.78 is 33.3. The number of amides is 1. The zero-order chi connectivity index (χ0) is 25.0. The van der Waals surface area contributed by atoms with E-state index in [9.17, 15) is 18.0 Å². The second-order valence-electron chi connectivity index (χ2n) is 8.28. The smallest absolute Gasteiger partial charge is 0.255 e. The molecule has 0 spiro atoms. The van der Waals surface area contributed by atoms with Crippen molar-refractivity contribution in [2.45, 2.75) is 23.8 Å². The van der Waals surface area contributed by atoms with Gasteiger partial charge in [0.15, 0.2) is 5.78 Å². The molecule has 1 aliphatic rings. The van der Waals surface area contributed by atoms with Crippen LogP contribution in [0.2, 0.25) is 0 Å². The number of nitrogens with one attached hydrogen (secondary N) is 1. The van der Waals surface area contributed by atoms with Gasteiger partial charge in [-0.3, -0.25) is 9.59 Å². The number of ether oxygens (including phenoxy) is 1. The monoisotopic (exact) mass is 556 g/mol. The van der Waals surface area contributed by atoms with Crippen molar-refractivity contribution in [1.29, 1.82) is 0 Å². The van der Waals surface area contributed by atoms with Gasteiger partial charge in [-0.15, -0.1) is 0 Å². The first kappa shape index (κ1) is 25.2. The summed E-state index contributed by atoms with van der Waals surface area (Å²) in [7, 11) is -2.19. The molecular weight excluding hydrogens is 532 g/mol. The summed E-state index contributed by atoms with van der Waals surface area (Å²) in [6.07, 6.45) is 1.67. The fraction of sp³-hybridized carbons (Fsp3) is 0.231. The van der Waals surface area contributed by atoms with Crippen molar-refractivity contribution in [2.75, 3.05) is 25.5 Å². The van der Waals surface area contributed by atoms with Gasteiger partial charge in [-0.25, -0.2) is 8.42 Å². The molecule has 1 aliphatic heterocycles. The molecule has 0 saturated carbocycles. The molecule has 0 radical (unpaired) electrons. The predicted octanol–water partition coefficient (Wildman–Crippen LogP) is 4.73. The number of halogens is 1. The Hall–Kier alpha value is -2.85. The van der Waals surface area contributed by atoms with Gasteiger partial charge in [0.05, 0.1) is 16.7 Å². The molecule has 35 heavy (non-hydrogen) atoms. The van der Waals surface area contributed by atoms with Gasteiger partial charge in [0, 0.05) is 41.4 Å². The van der Waals surface area contributed by atoms with Crippen LogP contribution in [0.3, 0.4) is 0 Å². The number of carbonyl (C=O) groups is 2. The van der Waals surface area contributed by atoms with Crippen molar-refractivity contribution in [3.8, 4) is 0 Å². The van der Waals surface area contributed by atoms with E-state index in [1.54, 1.807) is 42.5 Å². The summed E-state index contributed by atoms with van der Waals surface area (Å²) in [4.78, 5) is 26.0. The van der Waals surface area contributed by atoms with E-state index >= 15 is 0 Å². The molecule has 3 aromatic rings. The Morgan fingerprint density at radius 3 is 2.40 bits per heavy atom. The Labute approximate surface area is 213 Å². The van der Waals surface area contributed by atoms with E-state index < -0.39 is 15.9 Å². The van der Waals surface area contributed by atoms with Crippen molar-refractivity contribution in [2.24, 2.45) is 0 Å². The molecule has 1 unspecified atom stereocenters. The molecule has 1 atom stereocenters. The van der Waals surface area contributed by atoms with E-state index in [1.807, 2.05) is 6.07 Å². The van der Waals surface area contributed by atoms with Crippen LogP contribution in [0.5, 0.6) is 0 Å². The minimum atomic E-state index is -3.71. The first-order valence-corrected chi connectivity index (χ1v) is 13.4. The van der Waals surface area contributed by atoms with Crippen LogP contribution in [0.25, 0.3) is 0 Å². The third-order valence-corrected chi connectivity index (χ3v) is 8.15. The van der Waals surface area contributed by atoms with Crippen LogP contribution in [0.1, 0.15) is 39.1 Å². The van der Waals surface area contributed by atoms with Gasteiger partial charge >= 0.3 is 0 Å². The lowest BCUT2D eigenvalue weighted by Crippen LogP contribution is -2.34. The molecule has 4 rings (SSSR count). The summed E-state index contributed by atoms with van der Waals surface area (Å²) in [6.45, 7) is 0.936. The van der Waals surface area contributed by atoms with E-state index in [2.05, 4.69) is 21.2 Å². The molecule has 1 N–H and O–H groups in total. The van der Waals surface area contributed by atoms with Crippen molar-refractivity contribution in [1.82, 2.24) is 4.31 Å². The molecule has 0 bridgehead atoms. The lowest BCUT2D eigenvalue weighted by Gasteiger charge is -2.20. The molecule has 3 aromatic carbocycles. The number of likely N-dealkylation sites (N-methyl/N-ethyl adjacent to an activating group) is 1. The highest BCUT2D eigenvalue weighted by molar-refractivity contribution is 9.10. The number of carbonyl (C=O) groups excluding carboxylic acids is 2. The van der Waals surface area contributed by atoms with Gasteiger partial charge in [0.2, 0.25) is 10.0 Å². The molecule has 1 heterocycles. The molecule has 1 amide bonds. The van der Waals surface area contributed by atoms with E-state index in [4.69, 9.17) is 4.74 Å². The second kappa shape index (κ2) is 10.8. The lowest BCUT2D eigenvalue weighted by atomic mass is 10.0. The summed E-state index contributed by atoms with van der Waals surface area (Å²) in [5.74, 6) is -0.677. The number of nitrogens with zero attached hydrogens (tertiary/aromatic N) is 1. The average molecular weight is 557 g/mol. The van der Waals surface area contributed by atoms with Gasteiger partial charge in [0.1, 0.15) is 0 Å². The van der Waals surface area contributed by atoms with Gasteiger partial charge in [0.25, 0.3) is 5.91 Å². The van der Waals surface area contributed by atoms with Crippen LogP contribution < -0.4 is 5.32 Å². The Bertz CT molecular complexity index is 1320. The quantitative estimate of drug-likeness (QED) is 0.405. The molecule has 7 nitrogen and oxygen atoms in total. The van der Waals surface area contributed by atoms with Crippen LogP contribution in [-0.4, -0.2) is 50.7 Å². The van der Waals surface area contributed by atoms with Crippen molar-refractivity contribution < 1.29 is 22.7 Å². The maximum atomic E-state index is 13.0. The van der Waals surface area contributed by atoms with Gasteiger partial charge in [-0.1, -0.05) is 46.3 Å². The van der Waals surface area contributed by atoms with E-state index in [0.717, 1.165) is 12.8 Å². The second-order valence-corrected chi connectivity index (χ2v) is 11.2. The Kier molecular flexibility index (Phi) is 7.81. The maximum absolute atomic E-state index is 13.0. The topological polar surface area (TPSA) is 92.8 Å². The lowest BCUT2D eigenvalue weighted by molar-refractivity contribution is 0.0978. The van der Waals surface area contributed by atoms with Gasteiger partial charge < -0.3 is 10.1 Å². The predicted molar refractivity (Wildman–Crippen MR) is 137 cm³/mol. The highest BCUT2D eigenvalue weighted by atomic mass is 79.9. The number of rotatable bonds is 8. The van der Waals surface area contributed by atoms with Crippen molar-refractivity contribution in [3.63, 3.8) is 0 Å². The normalized spacial score (nSPS) is 15.8. The van der Waals surface area contributed by atoms with Crippen LogP contribution in [0.15, 0.2) is 82.2 Å². The highest BCUT2D eigenvalue weighted by Gasteiger charge is 2.26. The highest BCUT2D eigenvalue weighted by Crippen LogP contribution is 2.25. The minimum absolute atomic E-state index is 0.0955.